The van der Waals surface area contributed by atoms with Crippen LogP contribution in [0.2, 0.25) is 5.02 Å². The maximum atomic E-state index is 11.2. The highest BCUT2D eigenvalue weighted by Crippen LogP contribution is 2.45. The molecule has 6 heteroatoms. The SMILES string of the molecule is COC(=O)CCc1cc(Cl)c(OC)c(OC)c1OC. The van der Waals surface area contributed by atoms with Crippen molar-refractivity contribution in [2.45, 2.75) is 12.8 Å². The van der Waals surface area contributed by atoms with Crippen LogP contribution in [0.25, 0.3) is 0 Å². The number of rotatable bonds is 6. The molecule has 0 bridgehead atoms. The molecule has 0 aliphatic rings. The van der Waals surface area contributed by atoms with Crippen LogP contribution in [0.1, 0.15) is 12.0 Å². The lowest BCUT2D eigenvalue weighted by molar-refractivity contribution is -0.140. The van der Waals surface area contributed by atoms with E-state index in [-0.39, 0.29) is 12.4 Å². The minimum Gasteiger partial charge on any atom is -0.492 e. The summed E-state index contributed by atoms with van der Waals surface area (Å²) in [6, 6.07) is 1.70. The maximum Gasteiger partial charge on any atom is 0.305 e. The Labute approximate surface area is 117 Å². The van der Waals surface area contributed by atoms with Crippen molar-refractivity contribution < 1.29 is 23.7 Å². The highest BCUT2D eigenvalue weighted by Gasteiger charge is 2.20. The molecule has 0 saturated carbocycles. The summed E-state index contributed by atoms with van der Waals surface area (Å²) in [6.45, 7) is 0. The van der Waals surface area contributed by atoms with Gasteiger partial charge in [0.1, 0.15) is 0 Å². The molecule has 0 unspecified atom stereocenters. The number of carbonyl (C=O) groups is 1. The lowest BCUT2D eigenvalue weighted by Crippen LogP contribution is -2.04. The normalized spacial score (nSPS) is 9.95. The van der Waals surface area contributed by atoms with E-state index in [1.165, 1.54) is 28.4 Å². The van der Waals surface area contributed by atoms with Gasteiger partial charge in [0.2, 0.25) is 5.75 Å². The Morgan fingerprint density at radius 3 is 2.11 bits per heavy atom. The third-order valence-electron chi connectivity index (χ3n) is 2.66. The van der Waals surface area contributed by atoms with E-state index in [0.29, 0.717) is 28.7 Å². The second-order valence-electron chi connectivity index (χ2n) is 3.69. The Morgan fingerprint density at radius 1 is 1.05 bits per heavy atom. The summed E-state index contributed by atoms with van der Waals surface area (Å²) in [7, 11) is 5.87. The van der Waals surface area contributed by atoms with E-state index in [1.807, 2.05) is 0 Å². The first-order valence-electron chi connectivity index (χ1n) is 5.63. The number of aryl methyl sites for hydroxylation is 1. The number of benzene rings is 1. The van der Waals surface area contributed by atoms with Gasteiger partial charge in [0.05, 0.1) is 33.5 Å². The van der Waals surface area contributed by atoms with E-state index in [9.17, 15) is 4.79 Å². The summed E-state index contributed by atoms with van der Waals surface area (Å²) >= 11 is 6.11. The second-order valence-corrected chi connectivity index (χ2v) is 4.10. The molecule has 19 heavy (non-hydrogen) atoms. The van der Waals surface area contributed by atoms with Crippen molar-refractivity contribution >= 4 is 17.6 Å². The molecule has 106 valence electrons. The standard InChI is InChI=1S/C13H17ClO5/c1-16-10(15)6-5-8-7-9(14)12(18-3)13(19-4)11(8)17-2/h7H,5-6H2,1-4H3. The third kappa shape index (κ3) is 3.44. The van der Waals surface area contributed by atoms with Crippen molar-refractivity contribution in [1.82, 2.24) is 0 Å². The van der Waals surface area contributed by atoms with Gasteiger partial charge < -0.3 is 18.9 Å². The molecule has 5 nitrogen and oxygen atoms in total. The monoisotopic (exact) mass is 288 g/mol. The molecule has 0 aromatic heterocycles. The molecular weight excluding hydrogens is 272 g/mol. The van der Waals surface area contributed by atoms with Crippen molar-refractivity contribution in [2.24, 2.45) is 0 Å². The number of hydrogen-bond acceptors (Lipinski definition) is 5. The van der Waals surface area contributed by atoms with Gasteiger partial charge in [0.15, 0.2) is 11.5 Å². The van der Waals surface area contributed by atoms with Crippen LogP contribution in [0.15, 0.2) is 6.07 Å². The van der Waals surface area contributed by atoms with E-state index in [4.69, 9.17) is 25.8 Å². The molecule has 0 heterocycles. The van der Waals surface area contributed by atoms with E-state index >= 15 is 0 Å². The molecule has 0 radical (unpaired) electrons. The fourth-order valence-corrected chi connectivity index (χ4v) is 2.06. The molecule has 0 saturated heterocycles. The van der Waals surface area contributed by atoms with Crippen LogP contribution in [0.5, 0.6) is 17.2 Å². The summed E-state index contributed by atoms with van der Waals surface area (Å²) in [5, 5.41) is 0.403. The van der Waals surface area contributed by atoms with Crippen LogP contribution in [-0.2, 0) is 16.0 Å². The Kier molecular flexibility index (Phi) is 5.76. The number of hydrogen-bond donors (Lipinski definition) is 0. The summed E-state index contributed by atoms with van der Waals surface area (Å²) in [6.07, 6.45) is 0.675. The molecule has 1 aromatic carbocycles. The molecule has 1 aromatic rings. The summed E-state index contributed by atoms with van der Waals surface area (Å²) in [5.41, 5.74) is 0.760. The van der Waals surface area contributed by atoms with Gasteiger partial charge in [-0.05, 0) is 12.5 Å². The number of halogens is 1. The first-order valence-corrected chi connectivity index (χ1v) is 6.01. The lowest BCUT2D eigenvalue weighted by Gasteiger charge is -2.16. The minimum absolute atomic E-state index is 0.235. The fourth-order valence-electron chi connectivity index (χ4n) is 1.77. The first-order chi connectivity index (χ1) is 9.08. The molecule has 1 rings (SSSR count). The van der Waals surface area contributed by atoms with Gasteiger partial charge in [0.25, 0.3) is 0 Å². The second kappa shape index (κ2) is 7.09. The molecule has 0 aliphatic carbocycles. The summed E-state index contributed by atoms with van der Waals surface area (Å²) < 4.78 is 20.4. The van der Waals surface area contributed by atoms with Gasteiger partial charge in [-0.1, -0.05) is 11.6 Å². The predicted molar refractivity (Wildman–Crippen MR) is 71.4 cm³/mol. The highest BCUT2D eigenvalue weighted by molar-refractivity contribution is 6.32. The first kappa shape index (κ1) is 15.4. The lowest BCUT2D eigenvalue weighted by atomic mass is 10.1. The maximum absolute atomic E-state index is 11.2. The summed E-state index contributed by atoms with van der Waals surface area (Å²) in [5.74, 6) is 1.03. The van der Waals surface area contributed by atoms with E-state index in [2.05, 4.69) is 4.74 Å². The summed E-state index contributed by atoms with van der Waals surface area (Å²) in [4.78, 5) is 11.2. The van der Waals surface area contributed by atoms with Crippen LogP contribution in [0.3, 0.4) is 0 Å². The predicted octanol–water partition coefficient (Wildman–Crippen LogP) is 2.47. The van der Waals surface area contributed by atoms with Crippen molar-refractivity contribution in [3.8, 4) is 17.2 Å². The van der Waals surface area contributed by atoms with Gasteiger partial charge in [-0.3, -0.25) is 4.79 Å². The van der Waals surface area contributed by atoms with Crippen molar-refractivity contribution in [3.63, 3.8) is 0 Å². The highest BCUT2D eigenvalue weighted by atomic mass is 35.5. The Morgan fingerprint density at radius 2 is 1.63 bits per heavy atom. The van der Waals surface area contributed by atoms with Crippen LogP contribution < -0.4 is 14.2 Å². The van der Waals surface area contributed by atoms with E-state index in [0.717, 1.165) is 5.56 Å². The van der Waals surface area contributed by atoms with Crippen LogP contribution in [0.4, 0.5) is 0 Å². The largest absolute Gasteiger partial charge is 0.492 e. The van der Waals surface area contributed by atoms with Gasteiger partial charge in [0, 0.05) is 12.0 Å². The minimum atomic E-state index is -0.298. The van der Waals surface area contributed by atoms with E-state index in [1.54, 1.807) is 6.07 Å². The zero-order chi connectivity index (χ0) is 14.4. The Balaban J connectivity index is 3.17. The Bertz CT molecular complexity index is 459. The molecule has 0 atom stereocenters. The average Bonchev–Trinajstić information content (AvgIpc) is 2.43. The molecular formula is C13H17ClO5. The zero-order valence-electron chi connectivity index (χ0n) is 11.4. The molecule has 0 amide bonds. The van der Waals surface area contributed by atoms with Gasteiger partial charge in [-0.25, -0.2) is 0 Å². The molecule has 0 N–H and O–H groups in total. The van der Waals surface area contributed by atoms with Gasteiger partial charge >= 0.3 is 5.97 Å². The molecule has 0 fully saturated rings. The molecule has 0 spiro atoms. The number of esters is 1. The Hall–Kier alpha value is -1.62. The third-order valence-corrected chi connectivity index (χ3v) is 2.94. The van der Waals surface area contributed by atoms with Gasteiger partial charge in [-0.15, -0.1) is 0 Å². The van der Waals surface area contributed by atoms with Gasteiger partial charge in [-0.2, -0.15) is 0 Å². The van der Waals surface area contributed by atoms with Crippen molar-refractivity contribution in [1.29, 1.82) is 0 Å². The van der Waals surface area contributed by atoms with Crippen LogP contribution in [0, 0.1) is 0 Å². The van der Waals surface area contributed by atoms with E-state index < -0.39 is 0 Å². The smallest absolute Gasteiger partial charge is 0.305 e. The number of carbonyl (C=O) groups excluding carboxylic acids is 1. The van der Waals surface area contributed by atoms with Crippen molar-refractivity contribution in [2.75, 3.05) is 28.4 Å². The number of methoxy groups -OCH3 is 4. The van der Waals surface area contributed by atoms with Crippen LogP contribution >= 0.6 is 11.6 Å². The zero-order valence-corrected chi connectivity index (χ0v) is 12.2. The van der Waals surface area contributed by atoms with Crippen molar-refractivity contribution in [3.05, 3.63) is 16.7 Å². The fraction of sp³-hybridized carbons (Fsp3) is 0.462. The quantitative estimate of drug-likeness (QED) is 0.753. The molecule has 0 aliphatic heterocycles. The topological polar surface area (TPSA) is 54.0 Å². The van der Waals surface area contributed by atoms with Crippen LogP contribution in [-0.4, -0.2) is 34.4 Å². The average molecular weight is 289 g/mol. The number of ether oxygens (including phenoxy) is 4.